The molecule has 0 spiro atoms. The summed E-state index contributed by atoms with van der Waals surface area (Å²) in [4.78, 5) is 12.6. The number of rotatable bonds is 7. The lowest BCUT2D eigenvalue weighted by molar-refractivity contribution is -0.148. The third-order valence-electron chi connectivity index (χ3n) is 3.67. The number of likely N-dealkylation sites (N-methyl/N-ethyl adjacent to an activating group) is 1. The zero-order valence-electron chi connectivity index (χ0n) is 12.1. The van der Waals surface area contributed by atoms with Crippen LogP contribution in [0.2, 0.25) is 0 Å². The number of halogens is 2. The number of hydrogen-bond acceptors (Lipinski definition) is 4. The molecule has 1 N–H and O–H groups in total. The van der Waals surface area contributed by atoms with Crippen molar-refractivity contribution in [3.63, 3.8) is 0 Å². The van der Waals surface area contributed by atoms with Crippen molar-refractivity contribution in [2.45, 2.75) is 30.2 Å². The lowest BCUT2D eigenvalue weighted by atomic mass is 9.95. The molecule has 0 aliphatic heterocycles. The van der Waals surface area contributed by atoms with E-state index in [2.05, 4.69) is 5.32 Å². The average molecular weight is 315 g/mol. The predicted octanol–water partition coefficient (Wildman–Crippen LogP) is 2.99. The van der Waals surface area contributed by atoms with Gasteiger partial charge >= 0.3 is 5.97 Å². The van der Waals surface area contributed by atoms with Crippen LogP contribution in [0.5, 0.6) is 0 Å². The number of benzene rings is 1. The van der Waals surface area contributed by atoms with E-state index in [1.807, 2.05) is 6.92 Å². The van der Waals surface area contributed by atoms with Gasteiger partial charge in [-0.2, -0.15) is 0 Å². The van der Waals surface area contributed by atoms with Crippen LogP contribution in [0.4, 0.5) is 8.78 Å². The molecule has 1 saturated carbocycles. The molecule has 6 heteroatoms. The second-order valence-corrected chi connectivity index (χ2v) is 6.15. The molecule has 1 aromatic carbocycles. The molecule has 1 aromatic rings. The molecule has 21 heavy (non-hydrogen) atoms. The highest BCUT2D eigenvalue weighted by molar-refractivity contribution is 7.99. The molecule has 1 aliphatic carbocycles. The Morgan fingerprint density at radius 2 is 2.19 bits per heavy atom. The van der Waals surface area contributed by atoms with Gasteiger partial charge in [0.1, 0.15) is 17.2 Å². The minimum Gasteiger partial charge on any atom is -0.468 e. The summed E-state index contributed by atoms with van der Waals surface area (Å²) < 4.78 is 31.6. The van der Waals surface area contributed by atoms with Crippen LogP contribution in [-0.2, 0) is 9.53 Å². The van der Waals surface area contributed by atoms with Crippen molar-refractivity contribution in [2.75, 3.05) is 19.4 Å². The fourth-order valence-corrected chi connectivity index (χ4v) is 3.67. The van der Waals surface area contributed by atoms with Gasteiger partial charge in [-0.3, -0.25) is 4.79 Å². The van der Waals surface area contributed by atoms with E-state index in [0.717, 1.165) is 18.9 Å². The minimum absolute atomic E-state index is 0.209. The van der Waals surface area contributed by atoms with Crippen LogP contribution in [0, 0.1) is 17.6 Å². The molecule has 1 aliphatic rings. The van der Waals surface area contributed by atoms with E-state index in [1.165, 1.54) is 31.0 Å². The summed E-state index contributed by atoms with van der Waals surface area (Å²) in [5.74, 6) is -0.959. The van der Waals surface area contributed by atoms with E-state index in [1.54, 1.807) is 0 Å². The lowest BCUT2D eigenvalue weighted by Crippen LogP contribution is -2.56. The van der Waals surface area contributed by atoms with Crippen molar-refractivity contribution in [3.8, 4) is 0 Å². The van der Waals surface area contributed by atoms with Crippen LogP contribution in [-0.4, -0.2) is 30.9 Å². The van der Waals surface area contributed by atoms with E-state index in [-0.39, 0.29) is 11.9 Å². The monoisotopic (exact) mass is 315 g/mol. The van der Waals surface area contributed by atoms with E-state index in [4.69, 9.17) is 4.74 Å². The Morgan fingerprint density at radius 1 is 1.48 bits per heavy atom. The highest BCUT2D eigenvalue weighted by Crippen LogP contribution is 2.43. The van der Waals surface area contributed by atoms with E-state index < -0.39 is 17.2 Å². The molecule has 1 atom stereocenters. The fourth-order valence-electron chi connectivity index (χ4n) is 2.47. The van der Waals surface area contributed by atoms with Gasteiger partial charge in [0.05, 0.1) is 7.11 Å². The quantitative estimate of drug-likeness (QED) is 0.620. The van der Waals surface area contributed by atoms with Crippen LogP contribution >= 0.6 is 11.8 Å². The van der Waals surface area contributed by atoms with Crippen LogP contribution < -0.4 is 5.32 Å². The summed E-state index contributed by atoms with van der Waals surface area (Å²) in [6, 6.07) is 3.47. The predicted molar refractivity (Wildman–Crippen MR) is 78.2 cm³/mol. The topological polar surface area (TPSA) is 38.3 Å². The summed E-state index contributed by atoms with van der Waals surface area (Å²) >= 11 is 1.21. The number of hydrogen-bond donors (Lipinski definition) is 1. The maximum absolute atomic E-state index is 13.7. The van der Waals surface area contributed by atoms with Gasteiger partial charge in [0, 0.05) is 16.7 Å². The number of carbonyl (C=O) groups excluding carboxylic acids is 1. The third kappa shape index (κ3) is 3.55. The summed E-state index contributed by atoms with van der Waals surface area (Å²) in [7, 11) is 1.36. The average Bonchev–Trinajstić information content (AvgIpc) is 3.29. The third-order valence-corrected chi connectivity index (χ3v) is 4.91. The van der Waals surface area contributed by atoms with Crippen LogP contribution in [0.1, 0.15) is 19.8 Å². The van der Waals surface area contributed by atoms with Crippen molar-refractivity contribution in [1.29, 1.82) is 0 Å². The molecule has 0 heterocycles. The molecule has 0 bridgehead atoms. The molecule has 3 nitrogen and oxygen atoms in total. The van der Waals surface area contributed by atoms with Gasteiger partial charge < -0.3 is 10.1 Å². The molecule has 0 amide bonds. The number of nitrogens with one attached hydrogen (secondary N) is 1. The van der Waals surface area contributed by atoms with Crippen molar-refractivity contribution in [1.82, 2.24) is 5.32 Å². The maximum atomic E-state index is 13.7. The first-order valence-corrected chi connectivity index (χ1v) is 7.93. The molecule has 2 rings (SSSR count). The Labute approximate surface area is 127 Å². The van der Waals surface area contributed by atoms with Crippen molar-refractivity contribution in [3.05, 3.63) is 29.8 Å². The summed E-state index contributed by atoms with van der Waals surface area (Å²) in [5, 5.41) is 3.22. The molecule has 1 fully saturated rings. The second kappa shape index (κ2) is 6.75. The van der Waals surface area contributed by atoms with E-state index >= 15 is 0 Å². The molecular formula is C15H19F2NO2S. The normalized spacial score (nSPS) is 17.3. The van der Waals surface area contributed by atoms with Crippen LogP contribution in [0.25, 0.3) is 0 Å². The van der Waals surface area contributed by atoms with Crippen LogP contribution in [0.3, 0.4) is 0 Å². The first-order valence-electron chi connectivity index (χ1n) is 6.94. The number of methoxy groups -OCH3 is 1. The van der Waals surface area contributed by atoms with Gasteiger partial charge in [0.15, 0.2) is 0 Å². The maximum Gasteiger partial charge on any atom is 0.327 e. The van der Waals surface area contributed by atoms with Gasteiger partial charge in [0.2, 0.25) is 0 Å². The molecule has 0 saturated heterocycles. The molecular weight excluding hydrogens is 296 g/mol. The number of carbonyl (C=O) groups is 1. The van der Waals surface area contributed by atoms with Gasteiger partial charge in [-0.05, 0) is 37.4 Å². The Hall–Kier alpha value is -1.14. The summed E-state index contributed by atoms with van der Waals surface area (Å²) in [6.45, 7) is 2.54. The summed E-state index contributed by atoms with van der Waals surface area (Å²) in [5.41, 5.74) is -0.797. The van der Waals surface area contributed by atoms with Crippen molar-refractivity contribution in [2.24, 2.45) is 5.92 Å². The van der Waals surface area contributed by atoms with Crippen LogP contribution in [0.15, 0.2) is 23.1 Å². The van der Waals surface area contributed by atoms with Gasteiger partial charge in [-0.25, -0.2) is 8.78 Å². The summed E-state index contributed by atoms with van der Waals surface area (Å²) in [6.07, 6.45) is 1.91. The van der Waals surface area contributed by atoms with E-state index in [9.17, 15) is 13.6 Å². The highest BCUT2D eigenvalue weighted by atomic mass is 32.2. The van der Waals surface area contributed by atoms with Gasteiger partial charge in [-0.15, -0.1) is 11.8 Å². The van der Waals surface area contributed by atoms with E-state index in [0.29, 0.717) is 17.2 Å². The Balaban J connectivity index is 2.16. The zero-order valence-corrected chi connectivity index (χ0v) is 12.9. The SMILES string of the molecule is CCNC(CSc1ccc(F)cc1F)(C(=O)OC)C1CC1. The smallest absolute Gasteiger partial charge is 0.327 e. The van der Waals surface area contributed by atoms with Gasteiger partial charge in [0.25, 0.3) is 0 Å². The standard InChI is InChI=1S/C15H19F2NO2S/c1-3-18-15(10-4-5-10,14(19)20-2)9-21-13-7-6-11(16)8-12(13)17/h6-8,10,18H,3-5,9H2,1-2H3. The number of esters is 1. The minimum atomic E-state index is -0.797. The molecule has 116 valence electrons. The number of thioether (sulfide) groups is 1. The second-order valence-electron chi connectivity index (χ2n) is 5.13. The molecule has 0 radical (unpaired) electrons. The fraction of sp³-hybridized carbons (Fsp3) is 0.533. The Morgan fingerprint density at radius 3 is 2.71 bits per heavy atom. The largest absolute Gasteiger partial charge is 0.468 e. The zero-order chi connectivity index (χ0) is 15.5. The number of ether oxygens (including phenoxy) is 1. The first-order chi connectivity index (χ1) is 10.0. The lowest BCUT2D eigenvalue weighted by Gasteiger charge is -2.31. The Kier molecular flexibility index (Phi) is 5.22. The van der Waals surface area contributed by atoms with Crippen molar-refractivity contribution < 1.29 is 18.3 Å². The first kappa shape index (κ1) is 16.2. The highest BCUT2D eigenvalue weighted by Gasteiger charge is 2.51. The van der Waals surface area contributed by atoms with Crippen molar-refractivity contribution >= 4 is 17.7 Å². The Bertz CT molecular complexity index is 522. The molecule has 1 unspecified atom stereocenters. The molecule has 0 aromatic heterocycles. The van der Waals surface area contributed by atoms with Gasteiger partial charge in [-0.1, -0.05) is 6.92 Å².